The van der Waals surface area contributed by atoms with Crippen molar-refractivity contribution < 1.29 is 9.53 Å². The average Bonchev–Trinajstić information content (AvgIpc) is 3.35. The van der Waals surface area contributed by atoms with Crippen molar-refractivity contribution in [2.24, 2.45) is 0 Å². The molecule has 0 aliphatic heterocycles. The molecule has 4 aromatic rings. The third-order valence-corrected chi connectivity index (χ3v) is 4.12. The second kappa shape index (κ2) is 7.92. The van der Waals surface area contributed by atoms with E-state index in [1.807, 2.05) is 30.5 Å². The summed E-state index contributed by atoms with van der Waals surface area (Å²) >= 11 is 0. The van der Waals surface area contributed by atoms with Crippen molar-refractivity contribution in [3.63, 3.8) is 0 Å². The number of carbonyl (C=O) groups excluding carboxylic acids is 1. The number of carbonyl (C=O) groups is 1. The number of nitrogen functional groups attached to an aromatic ring is 1. The smallest absolute Gasteiger partial charge is 0.245 e. The summed E-state index contributed by atoms with van der Waals surface area (Å²) in [5, 5.41) is 10.8. The highest BCUT2D eigenvalue weighted by atomic mass is 16.5. The summed E-state index contributed by atoms with van der Waals surface area (Å²) in [6.07, 6.45) is 3.33. The molecule has 11 nitrogen and oxygen atoms in total. The van der Waals surface area contributed by atoms with Crippen LogP contribution in [0.2, 0.25) is 0 Å². The fourth-order valence-electron chi connectivity index (χ4n) is 2.72. The molecule has 0 fully saturated rings. The van der Waals surface area contributed by atoms with Crippen molar-refractivity contribution in [1.29, 1.82) is 0 Å². The lowest BCUT2D eigenvalue weighted by Crippen LogP contribution is -2.19. The van der Waals surface area contributed by atoms with E-state index in [0.29, 0.717) is 42.4 Å². The molecule has 3 heterocycles. The van der Waals surface area contributed by atoms with E-state index in [4.69, 9.17) is 10.5 Å². The van der Waals surface area contributed by atoms with Crippen LogP contribution in [0.1, 0.15) is 23.7 Å². The van der Waals surface area contributed by atoms with Crippen molar-refractivity contribution in [1.82, 2.24) is 40.2 Å². The number of benzene rings is 1. The molecule has 0 unspecified atom stereocenters. The molecule has 4 N–H and O–H groups in total. The standard InChI is InChI=1S/C18H19N9O2/c1-11(28)20-6-14-8-27(26-25-14)7-12-2-4-13(5-3-12)9-29-17-15-16(22-10-21-15)23-18(19)24-17/h2-5,8,10H,6-7,9H2,1H3,(H,20,28)(H3,19,21,22,23,24). The first-order chi connectivity index (χ1) is 14.1. The van der Waals surface area contributed by atoms with Gasteiger partial charge in [0.05, 0.1) is 25.6 Å². The lowest BCUT2D eigenvalue weighted by molar-refractivity contribution is -0.119. The molecule has 0 aliphatic carbocycles. The number of nitrogens with two attached hydrogens (primary N) is 1. The quantitative estimate of drug-likeness (QED) is 0.417. The van der Waals surface area contributed by atoms with Crippen LogP contribution in [-0.2, 0) is 24.5 Å². The summed E-state index contributed by atoms with van der Waals surface area (Å²) in [4.78, 5) is 26.1. The van der Waals surface area contributed by atoms with Crippen LogP contribution >= 0.6 is 0 Å². The molecular weight excluding hydrogens is 374 g/mol. The molecule has 0 bridgehead atoms. The molecule has 0 aliphatic rings. The largest absolute Gasteiger partial charge is 0.471 e. The molecule has 0 spiro atoms. The minimum atomic E-state index is -0.102. The van der Waals surface area contributed by atoms with E-state index in [2.05, 4.69) is 35.6 Å². The Morgan fingerprint density at radius 3 is 2.83 bits per heavy atom. The van der Waals surface area contributed by atoms with Gasteiger partial charge in [-0.15, -0.1) is 5.10 Å². The lowest BCUT2D eigenvalue weighted by Gasteiger charge is -2.07. The number of H-pyrrole nitrogens is 1. The maximum absolute atomic E-state index is 11.0. The van der Waals surface area contributed by atoms with Gasteiger partial charge in [0.1, 0.15) is 17.8 Å². The highest BCUT2D eigenvalue weighted by Crippen LogP contribution is 2.20. The molecule has 0 atom stereocenters. The van der Waals surface area contributed by atoms with E-state index >= 15 is 0 Å². The Kier molecular flexibility index (Phi) is 5.01. The number of aromatic amines is 1. The lowest BCUT2D eigenvalue weighted by atomic mass is 10.1. The maximum atomic E-state index is 11.0. The van der Waals surface area contributed by atoms with E-state index in [9.17, 15) is 4.79 Å². The number of hydrogen-bond donors (Lipinski definition) is 3. The van der Waals surface area contributed by atoms with Crippen LogP contribution in [0, 0.1) is 0 Å². The third kappa shape index (κ3) is 4.46. The average molecular weight is 393 g/mol. The van der Waals surface area contributed by atoms with Gasteiger partial charge in [-0.25, -0.2) is 9.67 Å². The minimum Gasteiger partial charge on any atom is -0.471 e. The van der Waals surface area contributed by atoms with Gasteiger partial charge in [-0.2, -0.15) is 9.97 Å². The highest BCUT2D eigenvalue weighted by Gasteiger charge is 2.10. The zero-order valence-electron chi connectivity index (χ0n) is 15.7. The Morgan fingerprint density at radius 2 is 2.03 bits per heavy atom. The van der Waals surface area contributed by atoms with Gasteiger partial charge >= 0.3 is 0 Å². The van der Waals surface area contributed by atoms with E-state index in [1.165, 1.54) is 13.3 Å². The molecule has 3 aromatic heterocycles. The van der Waals surface area contributed by atoms with E-state index in [1.54, 1.807) is 4.68 Å². The van der Waals surface area contributed by atoms with Crippen molar-refractivity contribution in [2.45, 2.75) is 26.6 Å². The maximum Gasteiger partial charge on any atom is 0.245 e. The Hall–Kier alpha value is -4.02. The summed E-state index contributed by atoms with van der Waals surface area (Å²) in [5.74, 6) is 0.374. The Bertz CT molecular complexity index is 1130. The highest BCUT2D eigenvalue weighted by molar-refractivity contribution is 5.76. The predicted molar refractivity (Wildman–Crippen MR) is 104 cm³/mol. The van der Waals surface area contributed by atoms with Crippen LogP contribution < -0.4 is 15.8 Å². The minimum absolute atomic E-state index is 0.102. The van der Waals surface area contributed by atoms with Crippen molar-refractivity contribution in [3.8, 4) is 5.88 Å². The normalized spacial score (nSPS) is 10.9. The van der Waals surface area contributed by atoms with Gasteiger partial charge in [0.25, 0.3) is 0 Å². The van der Waals surface area contributed by atoms with Crippen LogP contribution in [0.15, 0.2) is 36.8 Å². The first-order valence-corrected chi connectivity index (χ1v) is 8.87. The number of nitrogens with one attached hydrogen (secondary N) is 2. The van der Waals surface area contributed by atoms with Crippen LogP contribution in [-0.4, -0.2) is 40.8 Å². The van der Waals surface area contributed by atoms with Gasteiger partial charge in [0.2, 0.25) is 17.7 Å². The summed E-state index contributed by atoms with van der Waals surface area (Å²) in [7, 11) is 0. The Labute approximate surface area is 165 Å². The van der Waals surface area contributed by atoms with Crippen LogP contribution in [0.4, 0.5) is 5.95 Å². The second-order valence-electron chi connectivity index (χ2n) is 6.41. The molecule has 4 rings (SSSR count). The number of hydrogen-bond acceptors (Lipinski definition) is 8. The molecule has 11 heteroatoms. The third-order valence-electron chi connectivity index (χ3n) is 4.12. The number of amides is 1. The Morgan fingerprint density at radius 1 is 1.24 bits per heavy atom. The number of aromatic nitrogens is 7. The molecule has 29 heavy (non-hydrogen) atoms. The fourth-order valence-corrected chi connectivity index (χ4v) is 2.72. The first-order valence-electron chi connectivity index (χ1n) is 8.87. The molecule has 0 radical (unpaired) electrons. The SMILES string of the molecule is CC(=O)NCc1cn(Cc2ccc(COc3nc(N)nc4nc[nH]c34)cc2)nn1. The van der Waals surface area contributed by atoms with Gasteiger partial charge in [-0.05, 0) is 11.1 Å². The van der Waals surface area contributed by atoms with Crippen LogP contribution in [0.5, 0.6) is 5.88 Å². The van der Waals surface area contributed by atoms with Gasteiger partial charge in [0.15, 0.2) is 5.65 Å². The fraction of sp³-hybridized carbons (Fsp3) is 0.222. The van der Waals surface area contributed by atoms with Crippen LogP contribution in [0.25, 0.3) is 11.2 Å². The van der Waals surface area contributed by atoms with Crippen molar-refractivity contribution in [3.05, 3.63) is 53.6 Å². The second-order valence-corrected chi connectivity index (χ2v) is 6.41. The predicted octanol–water partition coefficient (Wildman–Crippen LogP) is 0.790. The molecular formula is C18H19N9O2. The van der Waals surface area contributed by atoms with Gasteiger partial charge in [-0.1, -0.05) is 29.5 Å². The van der Waals surface area contributed by atoms with Crippen molar-refractivity contribution >= 4 is 23.0 Å². The molecule has 0 saturated heterocycles. The summed E-state index contributed by atoms with van der Waals surface area (Å²) < 4.78 is 7.51. The monoisotopic (exact) mass is 393 g/mol. The van der Waals surface area contributed by atoms with Crippen molar-refractivity contribution in [2.75, 3.05) is 5.73 Å². The van der Waals surface area contributed by atoms with E-state index < -0.39 is 0 Å². The number of fused-ring (bicyclic) bond motifs is 1. The molecule has 1 aromatic carbocycles. The Balaban J connectivity index is 1.37. The summed E-state index contributed by atoms with van der Waals surface area (Å²) in [6, 6.07) is 7.93. The van der Waals surface area contributed by atoms with Crippen LogP contribution in [0.3, 0.4) is 0 Å². The van der Waals surface area contributed by atoms with Gasteiger partial charge < -0.3 is 20.8 Å². The zero-order valence-corrected chi connectivity index (χ0v) is 15.7. The summed E-state index contributed by atoms with van der Waals surface area (Å²) in [5.41, 5.74) is 9.51. The first kappa shape index (κ1) is 18.3. The number of rotatable bonds is 7. The zero-order chi connectivity index (χ0) is 20.2. The molecule has 1 amide bonds. The van der Waals surface area contributed by atoms with Gasteiger partial charge in [0, 0.05) is 6.92 Å². The number of ether oxygens (including phenoxy) is 1. The topological polar surface area (TPSA) is 150 Å². The van der Waals surface area contributed by atoms with Gasteiger partial charge in [-0.3, -0.25) is 4.79 Å². The van der Waals surface area contributed by atoms with E-state index in [-0.39, 0.29) is 11.9 Å². The number of anilines is 1. The number of imidazole rings is 1. The number of nitrogens with zero attached hydrogens (tertiary/aromatic N) is 6. The van der Waals surface area contributed by atoms with E-state index in [0.717, 1.165) is 11.1 Å². The molecule has 0 saturated carbocycles. The summed E-state index contributed by atoms with van der Waals surface area (Å²) in [6.45, 7) is 2.73. The molecule has 148 valence electrons.